The Kier molecular flexibility index (Phi) is 5.60. The van der Waals surface area contributed by atoms with Crippen molar-refractivity contribution in [2.24, 2.45) is 11.7 Å². The fourth-order valence-corrected chi connectivity index (χ4v) is 3.04. The van der Waals surface area contributed by atoms with Gasteiger partial charge in [0, 0.05) is 32.7 Å². The Bertz CT molecular complexity index is 509. The lowest BCUT2D eigenvalue weighted by Crippen LogP contribution is -2.35. The highest BCUT2D eigenvalue weighted by Gasteiger charge is 2.24. The molecule has 0 saturated carbocycles. The van der Waals surface area contributed by atoms with Gasteiger partial charge in [-0.3, -0.25) is 4.79 Å². The average Bonchev–Trinajstić information content (AvgIpc) is 2.92. The van der Waals surface area contributed by atoms with Crippen LogP contribution in [-0.4, -0.2) is 37.6 Å². The summed E-state index contributed by atoms with van der Waals surface area (Å²) in [7, 11) is 1.86. The van der Waals surface area contributed by atoms with Gasteiger partial charge in [0.05, 0.1) is 11.4 Å². The third-order valence-electron chi connectivity index (χ3n) is 3.33. The molecule has 1 aromatic rings. The van der Waals surface area contributed by atoms with E-state index in [-0.39, 0.29) is 11.8 Å². The summed E-state index contributed by atoms with van der Waals surface area (Å²) in [5, 5.41) is 2.05. The zero-order valence-corrected chi connectivity index (χ0v) is 12.5. The quantitative estimate of drug-likeness (QED) is 0.858. The molecule has 0 spiro atoms. The maximum Gasteiger partial charge on any atom is 0.225 e. The second kappa shape index (κ2) is 7.44. The van der Waals surface area contributed by atoms with Crippen molar-refractivity contribution in [3.63, 3.8) is 0 Å². The molecule has 20 heavy (non-hydrogen) atoms. The van der Waals surface area contributed by atoms with Crippen molar-refractivity contribution in [1.82, 2.24) is 4.90 Å². The van der Waals surface area contributed by atoms with Crippen molar-refractivity contribution in [2.75, 3.05) is 26.8 Å². The van der Waals surface area contributed by atoms with Gasteiger partial charge in [-0.1, -0.05) is 11.8 Å². The summed E-state index contributed by atoms with van der Waals surface area (Å²) >= 11 is 1.59. The zero-order valence-electron chi connectivity index (χ0n) is 11.7. The fourth-order valence-electron chi connectivity index (χ4n) is 2.27. The molecule has 4 nitrogen and oxygen atoms in total. The van der Waals surface area contributed by atoms with Crippen molar-refractivity contribution in [1.29, 1.82) is 0 Å². The van der Waals surface area contributed by atoms with E-state index >= 15 is 0 Å². The predicted octanol–water partition coefficient (Wildman–Crippen LogP) is 1.44. The van der Waals surface area contributed by atoms with Gasteiger partial charge < -0.3 is 15.4 Å². The molecule has 1 aliphatic rings. The third-order valence-corrected chi connectivity index (χ3v) is 4.23. The molecule has 0 unspecified atom stereocenters. The van der Waals surface area contributed by atoms with Crippen LogP contribution in [0.3, 0.4) is 0 Å². The highest BCUT2D eigenvalue weighted by atomic mass is 32.1. The zero-order chi connectivity index (χ0) is 14.4. The van der Waals surface area contributed by atoms with E-state index in [0.717, 1.165) is 23.3 Å². The first kappa shape index (κ1) is 15.0. The van der Waals surface area contributed by atoms with Crippen LogP contribution in [0, 0.1) is 17.8 Å². The predicted molar refractivity (Wildman–Crippen MR) is 80.3 cm³/mol. The van der Waals surface area contributed by atoms with E-state index in [1.165, 1.54) is 0 Å². The van der Waals surface area contributed by atoms with Crippen LogP contribution in [0.2, 0.25) is 0 Å². The van der Waals surface area contributed by atoms with Gasteiger partial charge in [-0.2, -0.15) is 0 Å². The molecule has 1 aliphatic heterocycles. The summed E-state index contributed by atoms with van der Waals surface area (Å²) in [5.41, 5.74) is 6.48. The van der Waals surface area contributed by atoms with Gasteiger partial charge in [-0.15, -0.1) is 11.3 Å². The van der Waals surface area contributed by atoms with Gasteiger partial charge >= 0.3 is 0 Å². The second-order valence-electron chi connectivity index (χ2n) is 4.91. The van der Waals surface area contributed by atoms with Gasteiger partial charge in [0.15, 0.2) is 0 Å². The third kappa shape index (κ3) is 4.07. The lowest BCUT2D eigenvalue weighted by Gasteiger charge is -2.26. The van der Waals surface area contributed by atoms with E-state index in [4.69, 9.17) is 10.5 Å². The smallest absolute Gasteiger partial charge is 0.225 e. The number of thiophene rings is 1. The van der Waals surface area contributed by atoms with E-state index in [0.29, 0.717) is 26.3 Å². The van der Waals surface area contributed by atoms with Crippen molar-refractivity contribution in [2.45, 2.75) is 19.4 Å². The first-order valence-electron chi connectivity index (χ1n) is 6.79. The molecular weight excluding hydrogens is 272 g/mol. The molecule has 0 bridgehead atoms. The number of nitrogens with zero attached hydrogens (tertiary/aromatic N) is 1. The van der Waals surface area contributed by atoms with Crippen LogP contribution < -0.4 is 5.73 Å². The summed E-state index contributed by atoms with van der Waals surface area (Å²) in [5.74, 6) is 6.18. The van der Waals surface area contributed by atoms with Crippen LogP contribution in [-0.2, 0) is 16.1 Å². The minimum absolute atomic E-state index is 0.115. The summed E-state index contributed by atoms with van der Waals surface area (Å²) < 4.78 is 5.29. The average molecular weight is 292 g/mol. The number of hydrogen-bond acceptors (Lipinski definition) is 4. The lowest BCUT2D eigenvalue weighted by molar-refractivity contribution is -0.137. The Labute approximate surface area is 123 Å². The molecule has 2 heterocycles. The van der Waals surface area contributed by atoms with E-state index in [1.54, 1.807) is 16.2 Å². The summed E-state index contributed by atoms with van der Waals surface area (Å²) in [6.45, 7) is 2.40. The number of hydrogen-bond donors (Lipinski definition) is 1. The molecule has 1 saturated heterocycles. The van der Waals surface area contributed by atoms with E-state index in [9.17, 15) is 4.79 Å². The molecule has 1 amide bonds. The summed E-state index contributed by atoms with van der Waals surface area (Å²) in [4.78, 5) is 15.1. The molecule has 2 N–H and O–H groups in total. The SMILES string of the molecule is CN(Cc1csc(C#CCN)c1)C(=O)C1CCOCC1. The molecule has 0 aromatic carbocycles. The van der Waals surface area contributed by atoms with Gasteiger partial charge in [-0.25, -0.2) is 0 Å². The number of carbonyl (C=O) groups excluding carboxylic acids is 1. The second-order valence-corrected chi connectivity index (χ2v) is 5.82. The van der Waals surface area contributed by atoms with Crippen molar-refractivity contribution >= 4 is 17.2 Å². The Morgan fingerprint density at radius 2 is 2.30 bits per heavy atom. The van der Waals surface area contributed by atoms with Crippen LogP contribution in [0.15, 0.2) is 11.4 Å². The monoisotopic (exact) mass is 292 g/mol. The molecule has 2 rings (SSSR count). The normalized spacial score (nSPS) is 15.5. The Morgan fingerprint density at radius 3 is 3.00 bits per heavy atom. The minimum atomic E-state index is 0.115. The fraction of sp³-hybridized carbons (Fsp3) is 0.533. The lowest BCUT2D eigenvalue weighted by atomic mass is 9.99. The largest absolute Gasteiger partial charge is 0.381 e. The van der Waals surface area contributed by atoms with E-state index < -0.39 is 0 Å². The molecule has 1 fully saturated rings. The van der Waals surface area contributed by atoms with Gasteiger partial charge in [0.1, 0.15) is 0 Å². The van der Waals surface area contributed by atoms with Crippen LogP contribution in [0.25, 0.3) is 0 Å². The van der Waals surface area contributed by atoms with Gasteiger partial charge in [0.2, 0.25) is 5.91 Å². The molecule has 0 aliphatic carbocycles. The highest BCUT2D eigenvalue weighted by Crippen LogP contribution is 2.20. The number of carbonyl (C=O) groups is 1. The van der Waals surface area contributed by atoms with Crippen LogP contribution in [0.4, 0.5) is 0 Å². The van der Waals surface area contributed by atoms with Crippen LogP contribution in [0.1, 0.15) is 23.3 Å². The maximum atomic E-state index is 12.3. The first-order valence-corrected chi connectivity index (χ1v) is 7.67. The van der Waals surface area contributed by atoms with Crippen molar-refractivity contribution in [3.05, 3.63) is 21.9 Å². The number of rotatable bonds is 3. The van der Waals surface area contributed by atoms with Gasteiger partial charge in [-0.05, 0) is 29.9 Å². The van der Waals surface area contributed by atoms with E-state index in [1.807, 2.05) is 18.5 Å². The molecule has 5 heteroatoms. The molecule has 1 aromatic heterocycles. The topological polar surface area (TPSA) is 55.6 Å². The maximum absolute atomic E-state index is 12.3. The Hall–Kier alpha value is -1.35. The van der Waals surface area contributed by atoms with Crippen LogP contribution in [0.5, 0.6) is 0 Å². The minimum Gasteiger partial charge on any atom is -0.381 e. The number of amides is 1. The summed E-state index contributed by atoms with van der Waals surface area (Å²) in [6, 6.07) is 2.03. The van der Waals surface area contributed by atoms with Crippen molar-refractivity contribution in [3.8, 4) is 11.8 Å². The summed E-state index contributed by atoms with van der Waals surface area (Å²) in [6.07, 6.45) is 1.67. The Morgan fingerprint density at radius 1 is 1.55 bits per heavy atom. The molecular formula is C15H20N2O2S. The molecule has 108 valence electrons. The first-order chi connectivity index (χ1) is 9.70. The van der Waals surface area contributed by atoms with E-state index in [2.05, 4.69) is 11.8 Å². The van der Waals surface area contributed by atoms with Gasteiger partial charge in [0.25, 0.3) is 0 Å². The highest BCUT2D eigenvalue weighted by molar-refractivity contribution is 7.10. The number of nitrogens with two attached hydrogens (primary N) is 1. The van der Waals surface area contributed by atoms with Crippen molar-refractivity contribution < 1.29 is 9.53 Å². The Balaban J connectivity index is 1.91. The molecule has 0 radical (unpaired) electrons. The standard InChI is InChI=1S/C15H20N2O2S/c1-17(15(18)13-4-7-19-8-5-13)10-12-9-14(20-11-12)3-2-6-16/h9,11,13H,4-8,10,16H2,1H3. The number of ether oxygens (including phenoxy) is 1. The molecule has 0 atom stereocenters. The van der Waals surface area contributed by atoms with Crippen LogP contribution >= 0.6 is 11.3 Å².